The number of aliphatic hydroxyl groups excluding tert-OH is 6. The molecule has 2 fully saturated rings. The van der Waals surface area contributed by atoms with Gasteiger partial charge in [-0.2, -0.15) is 0 Å². The van der Waals surface area contributed by atoms with Gasteiger partial charge in [0.05, 0.1) is 57.9 Å². The largest absolute Gasteiger partial charge is 0.394 e. The molecule has 2 aliphatic heterocycles. The van der Waals surface area contributed by atoms with E-state index < -0.39 is 80.3 Å². The molecule has 2 saturated heterocycles. The van der Waals surface area contributed by atoms with Crippen molar-refractivity contribution in [3.63, 3.8) is 0 Å². The summed E-state index contributed by atoms with van der Waals surface area (Å²) in [6, 6.07) is -0.580. The van der Waals surface area contributed by atoms with Crippen molar-refractivity contribution in [1.82, 2.24) is 26.6 Å². The average Bonchev–Trinajstić information content (AvgIpc) is 3.33. The van der Waals surface area contributed by atoms with Gasteiger partial charge in [-0.1, -0.05) is 27.7 Å². The molecule has 0 radical (unpaired) electrons. The lowest BCUT2D eigenvalue weighted by atomic mass is 9.92. The van der Waals surface area contributed by atoms with Crippen LogP contribution in [-0.4, -0.2) is 200 Å². The Labute approximate surface area is 412 Å². The Morgan fingerprint density at radius 3 is 1.26 bits per heavy atom. The lowest BCUT2D eigenvalue weighted by molar-refractivity contribution is -0.282. The molecule has 0 saturated carbocycles. The maximum absolute atomic E-state index is 12.7. The van der Waals surface area contributed by atoms with E-state index in [-0.39, 0.29) is 119 Å². The average molecular weight is 1010 g/mol. The minimum absolute atomic E-state index is 0.0377. The van der Waals surface area contributed by atoms with E-state index in [9.17, 15) is 59.4 Å². The smallest absolute Gasteiger partial charge is 0.222 e. The van der Waals surface area contributed by atoms with Gasteiger partial charge in [-0.05, 0) is 44.9 Å². The highest BCUT2D eigenvalue weighted by molar-refractivity contribution is 5.81. The van der Waals surface area contributed by atoms with Crippen molar-refractivity contribution in [3.8, 4) is 0 Å². The van der Waals surface area contributed by atoms with Crippen LogP contribution in [0.3, 0.4) is 0 Å². The van der Waals surface area contributed by atoms with E-state index in [4.69, 9.17) is 28.4 Å². The van der Waals surface area contributed by atoms with E-state index >= 15 is 0 Å². The van der Waals surface area contributed by atoms with E-state index in [0.29, 0.717) is 71.1 Å². The second-order valence-electron chi connectivity index (χ2n) is 18.3. The second kappa shape index (κ2) is 36.5. The molecular formula is C47H85N5O18. The summed E-state index contributed by atoms with van der Waals surface area (Å²) in [5.74, 6) is -2.10. The Kier molecular flexibility index (Phi) is 32.6. The summed E-state index contributed by atoms with van der Waals surface area (Å²) in [6.07, 6.45) is -3.28. The van der Waals surface area contributed by atoms with Crippen molar-refractivity contribution in [2.24, 2.45) is 17.8 Å². The number of unbranched alkanes of at least 4 members (excludes halogenated alkanes) is 2. The van der Waals surface area contributed by atoms with Crippen LogP contribution < -0.4 is 26.6 Å². The van der Waals surface area contributed by atoms with Crippen LogP contribution in [0.5, 0.6) is 0 Å². The van der Waals surface area contributed by atoms with Crippen LogP contribution in [0.1, 0.15) is 111 Å². The Morgan fingerprint density at radius 1 is 0.486 bits per heavy atom. The number of ketones is 1. The van der Waals surface area contributed by atoms with Gasteiger partial charge in [-0.3, -0.25) is 28.8 Å². The molecule has 70 heavy (non-hydrogen) atoms. The molecule has 2 rings (SSSR count). The number of hydrogen-bond acceptors (Lipinski definition) is 18. The molecule has 2 aliphatic rings. The number of ether oxygens (including phenoxy) is 6. The molecule has 10 atom stereocenters. The van der Waals surface area contributed by atoms with Crippen LogP contribution in [0.4, 0.5) is 0 Å². The minimum atomic E-state index is -1.20. The molecule has 0 aromatic carbocycles. The second-order valence-corrected chi connectivity index (χ2v) is 18.3. The van der Waals surface area contributed by atoms with E-state index in [0.717, 1.165) is 0 Å². The fourth-order valence-electron chi connectivity index (χ4n) is 7.36. The van der Waals surface area contributed by atoms with Gasteiger partial charge in [-0.25, -0.2) is 0 Å². The Hall–Kier alpha value is -3.46. The number of carbonyl (C=O) groups excluding carboxylic acids is 6. The highest BCUT2D eigenvalue weighted by Crippen LogP contribution is 2.28. The van der Waals surface area contributed by atoms with E-state index in [1.807, 2.05) is 0 Å². The Morgan fingerprint density at radius 2 is 0.871 bits per heavy atom. The van der Waals surface area contributed by atoms with Crippen LogP contribution >= 0.6 is 0 Å². The topological polar surface area (TPSA) is 339 Å². The maximum atomic E-state index is 12.7. The summed E-state index contributed by atoms with van der Waals surface area (Å²) >= 11 is 0. The van der Waals surface area contributed by atoms with E-state index in [2.05, 4.69) is 26.6 Å². The molecule has 0 aromatic heterocycles. The summed E-state index contributed by atoms with van der Waals surface area (Å²) in [4.78, 5) is 74.0. The molecule has 0 aromatic rings. The van der Waals surface area contributed by atoms with Gasteiger partial charge in [0, 0.05) is 95.7 Å². The van der Waals surface area contributed by atoms with Crippen LogP contribution in [0.2, 0.25) is 0 Å². The fraction of sp³-hybridized carbons (Fsp3) is 0.872. The van der Waals surface area contributed by atoms with E-state index in [1.165, 1.54) is 0 Å². The number of amides is 5. The number of carbonyl (C=O) groups is 6. The van der Waals surface area contributed by atoms with Crippen molar-refractivity contribution < 1.29 is 87.8 Å². The third-order valence-corrected chi connectivity index (χ3v) is 12.0. The first-order valence-corrected chi connectivity index (χ1v) is 25.0. The van der Waals surface area contributed by atoms with Crippen molar-refractivity contribution in [2.45, 2.75) is 166 Å². The van der Waals surface area contributed by atoms with Gasteiger partial charge in [0.1, 0.15) is 30.2 Å². The molecule has 23 heteroatoms. The normalized spacial score (nSPS) is 25.0. The highest BCUT2D eigenvalue weighted by atomic mass is 16.7. The fourth-order valence-corrected chi connectivity index (χ4v) is 7.36. The summed E-state index contributed by atoms with van der Waals surface area (Å²) in [5.41, 5.74) is 0. The maximum Gasteiger partial charge on any atom is 0.222 e. The number of aliphatic hydroxyl groups is 6. The molecule has 23 nitrogen and oxygen atoms in total. The van der Waals surface area contributed by atoms with Crippen LogP contribution in [-0.2, 0) is 57.2 Å². The lowest BCUT2D eigenvalue weighted by Gasteiger charge is -2.40. The van der Waals surface area contributed by atoms with Crippen LogP contribution in [0.15, 0.2) is 0 Å². The molecule has 0 bridgehead atoms. The van der Waals surface area contributed by atoms with Crippen molar-refractivity contribution in [2.75, 3.05) is 79.0 Å². The summed E-state index contributed by atoms with van der Waals surface area (Å²) < 4.78 is 33.8. The standard InChI is InChI=1S/C47H85N5O18/c1-30(2)34(55)12-9-15-41(60)52-33(28-65-24-16-39(58)50-20-10-18-48-37(56)13-5-7-22-67-46-31(3)42(61)44(63)35(26-53)69-46)29-66-25-17-40(59)51-21-11-19-49-38(57)14-6-8-23-68-47-32(4)43(62)45(64)36(27-54)70-47/h30-33,35-36,42-47,53-54,61-64H,5-29H2,1-4H3,(H,48,56)(H,49,57)(H,50,58)(H,51,59)(H,52,60). The van der Waals surface area contributed by atoms with Gasteiger partial charge in [0.15, 0.2) is 12.6 Å². The van der Waals surface area contributed by atoms with E-state index in [1.54, 1.807) is 27.7 Å². The third kappa shape index (κ3) is 25.8. The lowest BCUT2D eigenvalue weighted by Crippen LogP contribution is -2.55. The zero-order valence-corrected chi connectivity index (χ0v) is 41.7. The molecule has 0 aliphatic carbocycles. The first kappa shape index (κ1) is 62.7. The zero-order chi connectivity index (χ0) is 51.8. The molecule has 10 unspecified atom stereocenters. The minimum Gasteiger partial charge on any atom is -0.394 e. The Balaban J connectivity index is 1.56. The van der Waals surface area contributed by atoms with Gasteiger partial charge in [-0.15, -0.1) is 0 Å². The van der Waals surface area contributed by atoms with Crippen molar-refractivity contribution in [3.05, 3.63) is 0 Å². The Bertz CT molecular complexity index is 1420. The molecule has 2 heterocycles. The third-order valence-electron chi connectivity index (χ3n) is 12.0. The number of Topliss-reactive ketones (excluding diaryl/α,β-unsaturated/α-hetero) is 1. The summed E-state index contributed by atoms with van der Waals surface area (Å²) in [6.45, 7) is 8.24. The monoisotopic (exact) mass is 1010 g/mol. The predicted molar refractivity (Wildman–Crippen MR) is 251 cm³/mol. The van der Waals surface area contributed by atoms with Gasteiger partial charge < -0.3 is 85.6 Å². The van der Waals surface area contributed by atoms with Gasteiger partial charge in [0.2, 0.25) is 29.5 Å². The predicted octanol–water partition coefficient (Wildman–Crippen LogP) is -1.55. The first-order chi connectivity index (χ1) is 33.5. The highest BCUT2D eigenvalue weighted by Gasteiger charge is 2.43. The molecule has 0 spiro atoms. The molecule has 11 N–H and O–H groups in total. The van der Waals surface area contributed by atoms with Gasteiger partial charge >= 0.3 is 0 Å². The zero-order valence-electron chi connectivity index (χ0n) is 41.7. The van der Waals surface area contributed by atoms with Gasteiger partial charge in [0.25, 0.3) is 0 Å². The van der Waals surface area contributed by atoms with Crippen molar-refractivity contribution in [1.29, 1.82) is 0 Å². The van der Waals surface area contributed by atoms with Crippen LogP contribution in [0.25, 0.3) is 0 Å². The molecular weight excluding hydrogens is 923 g/mol. The van der Waals surface area contributed by atoms with Crippen LogP contribution in [0, 0.1) is 17.8 Å². The summed E-state index contributed by atoms with van der Waals surface area (Å²) in [5, 5.41) is 72.9. The number of rotatable bonds is 38. The number of hydrogen-bond donors (Lipinski definition) is 11. The summed E-state index contributed by atoms with van der Waals surface area (Å²) in [7, 11) is 0. The number of nitrogens with one attached hydrogen (secondary N) is 5. The van der Waals surface area contributed by atoms with Crippen molar-refractivity contribution >= 4 is 35.3 Å². The molecule has 5 amide bonds. The molecule has 406 valence electrons. The SMILES string of the molecule is CC(C)C(=O)CCCC(=O)NC(COCCC(=O)NCCCNC(=O)CCCCOC1OC(CO)C(O)C(O)C1C)COCCC(=O)NCCCNC(=O)CCCCOC1OC(CO)C(O)C(O)C1C. The quantitative estimate of drug-likeness (QED) is 0.0312. The first-order valence-electron chi connectivity index (χ1n) is 25.0.